The molecule has 1 N–H and O–H groups in total. The zero-order chi connectivity index (χ0) is 31.2. The molecule has 0 amide bonds. The number of rotatable bonds is 8. The van der Waals surface area contributed by atoms with Gasteiger partial charge in [-0.3, -0.25) is 4.90 Å². The normalized spacial score (nSPS) is 17.4. The first kappa shape index (κ1) is 29.9. The van der Waals surface area contributed by atoms with Crippen molar-refractivity contribution in [1.29, 1.82) is 0 Å². The molecular weight excluding hydrogens is 592 g/mol. The second-order valence-corrected chi connectivity index (χ2v) is 11.0. The number of aromatic nitrogens is 2. The lowest BCUT2D eigenvalue weighted by Crippen LogP contribution is -2.34. The van der Waals surface area contributed by atoms with E-state index in [2.05, 4.69) is 0 Å². The molecule has 1 saturated heterocycles. The molecule has 0 spiro atoms. The molecule has 7 nitrogen and oxygen atoms in total. The fourth-order valence-electron chi connectivity index (χ4n) is 5.53. The summed E-state index contributed by atoms with van der Waals surface area (Å²) in [6.07, 6.45) is -8.01. The molecule has 0 saturated carbocycles. The lowest BCUT2D eigenvalue weighted by Gasteiger charge is -2.31. The highest BCUT2D eigenvalue weighted by Gasteiger charge is 2.36. The first-order chi connectivity index (χ1) is 20.8. The maximum atomic E-state index is 14.0. The molecule has 0 bridgehead atoms. The summed E-state index contributed by atoms with van der Waals surface area (Å²) in [5.41, 5.74) is 1.12. The van der Waals surface area contributed by atoms with Crippen molar-refractivity contribution in [3.63, 3.8) is 0 Å². The monoisotopic (exact) mass is 619 g/mol. The minimum absolute atomic E-state index is 0.0214. The van der Waals surface area contributed by atoms with Crippen LogP contribution in [0.1, 0.15) is 50.4 Å². The highest BCUT2D eigenvalue weighted by atomic mass is 19.4. The average Bonchev–Trinajstić information content (AvgIpc) is 3.28. The molecule has 1 fully saturated rings. The quantitative estimate of drug-likeness (QED) is 0.221. The van der Waals surface area contributed by atoms with Crippen LogP contribution in [-0.2, 0) is 49.8 Å². The summed E-state index contributed by atoms with van der Waals surface area (Å²) in [5, 5.41) is 9.49. The van der Waals surface area contributed by atoms with E-state index in [0.29, 0.717) is 72.8 Å². The van der Waals surface area contributed by atoms with Gasteiger partial charge in [-0.25, -0.2) is 9.78 Å². The fourth-order valence-corrected chi connectivity index (χ4v) is 5.53. The van der Waals surface area contributed by atoms with Gasteiger partial charge in [-0.15, -0.1) is 0 Å². The number of hydrogen-bond donors (Lipinski definition) is 1. The number of carboxylic acid groups (broad SMARTS) is 1. The zero-order valence-corrected chi connectivity index (χ0v) is 23.2. The Morgan fingerprint density at radius 3 is 2.39 bits per heavy atom. The summed E-state index contributed by atoms with van der Waals surface area (Å²) < 4.78 is 93.7. The summed E-state index contributed by atoms with van der Waals surface area (Å²) in [4.78, 5) is 18.4. The number of carboxylic acids is 1. The van der Waals surface area contributed by atoms with E-state index in [9.17, 15) is 36.2 Å². The third-order valence-corrected chi connectivity index (χ3v) is 7.99. The summed E-state index contributed by atoms with van der Waals surface area (Å²) in [6.45, 7) is 1.96. The maximum absolute atomic E-state index is 14.0. The van der Waals surface area contributed by atoms with Crippen molar-refractivity contribution < 1.29 is 45.7 Å². The number of benzene rings is 3. The number of ether oxygens (including phenoxy) is 2. The SMILES string of the molecule is O=C(O)c1ccc2nc(CN3CCc4cc(C(F)(F)F)c(OCc5ccc(C(F)(F)F)cc5)cc4C3)n(C[C@@H]3CCO3)c2c1. The van der Waals surface area contributed by atoms with Gasteiger partial charge in [0.25, 0.3) is 0 Å². The number of aromatic carboxylic acids is 1. The van der Waals surface area contributed by atoms with Crippen molar-refractivity contribution in [2.75, 3.05) is 13.2 Å². The third kappa shape index (κ3) is 6.25. The molecule has 1 aromatic heterocycles. The number of halogens is 6. The maximum Gasteiger partial charge on any atom is 0.419 e. The lowest BCUT2D eigenvalue weighted by atomic mass is 9.96. The Morgan fingerprint density at radius 2 is 1.75 bits per heavy atom. The van der Waals surface area contributed by atoms with Gasteiger partial charge in [0.2, 0.25) is 0 Å². The van der Waals surface area contributed by atoms with Gasteiger partial charge in [0, 0.05) is 19.7 Å². The minimum Gasteiger partial charge on any atom is -0.488 e. The lowest BCUT2D eigenvalue weighted by molar-refractivity contribution is -0.139. The Hall–Kier alpha value is -4.10. The van der Waals surface area contributed by atoms with E-state index < -0.39 is 35.2 Å². The molecule has 3 heterocycles. The highest BCUT2D eigenvalue weighted by molar-refractivity contribution is 5.92. The van der Waals surface area contributed by atoms with Crippen molar-refractivity contribution in [1.82, 2.24) is 14.5 Å². The van der Waals surface area contributed by atoms with Crippen LogP contribution in [0.4, 0.5) is 26.3 Å². The number of hydrogen-bond acceptors (Lipinski definition) is 5. The van der Waals surface area contributed by atoms with E-state index >= 15 is 0 Å². The van der Waals surface area contributed by atoms with Gasteiger partial charge in [-0.05, 0) is 72.0 Å². The standard InChI is InChI=1S/C31H27F6N3O4/c32-30(33,34)22-4-1-18(2-5-22)17-44-27-13-21-14-39(9-7-19(21)11-24(27)31(35,36)37)16-28-38-25-6-3-20(29(41)42)12-26(25)40(28)15-23-8-10-43-23/h1-6,11-13,23H,7-10,14-17H2,(H,41,42)/t23-/m0/s1. The molecule has 6 rings (SSSR count). The van der Waals surface area contributed by atoms with E-state index in [1.807, 2.05) is 9.47 Å². The van der Waals surface area contributed by atoms with Crippen molar-refractivity contribution >= 4 is 17.0 Å². The first-order valence-electron chi connectivity index (χ1n) is 13.9. The molecule has 13 heteroatoms. The second-order valence-electron chi connectivity index (χ2n) is 11.0. The van der Waals surface area contributed by atoms with Crippen LogP contribution >= 0.6 is 0 Å². The van der Waals surface area contributed by atoms with Gasteiger partial charge in [-0.2, -0.15) is 26.3 Å². The van der Waals surface area contributed by atoms with Crippen molar-refractivity contribution in [2.24, 2.45) is 0 Å². The van der Waals surface area contributed by atoms with E-state index in [-0.39, 0.29) is 18.3 Å². The second kappa shape index (κ2) is 11.4. The Kier molecular flexibility index (Phi) is 7.78. The van der Waals surface area contributed by atoms with Crippen LogP contribution < -0.4 is 4.74 Å². The third-order valence-electron chi connectivity index (χ3n) is 7.99. The molecule has 2 aliphatic heterocycles. The highest BCUT2D eigenvalue weighted by Crippen LogP contribution is 2.40. The van der Waals surface area contributed by atoms with Crippen LogP contribution in [0.2, 0.25) is 0 Å². The van der Waals surface area contributed by atoms with Gasteiger partial charge in [0.15, 0.2) is 0 Å². The molecule has 2 aliphatic rings. The number of alkyl halides is 6. The molecule has 4 aromatic rings. The Morgan fingerprint density at radius 1 is 1.00 bits per heavy atom. The van der Waals surface area contributed by atoms with Crippen LogP contribution in [0.3, 0.4) is 0 Å². The van der Waals surface area contributed by atoms with E-state index in [4.69, 9.17) is 14.5 Å². The molecule has 0 unspecified atom stereocenters. The first-order valence-corrected chi connectivity index (χ1v) is 13.9. The van der Waals surface area contributed by atoms with Crippen LogP contribution in [0.15, 0.2) is 54.6 Å². The summed E-state index contributed by atoms with van der Waals surface area (Å²) in [7, 11) is 0. The predicted octanol–water partition coefficient (Wildman–Crippen LogP) is 6.70. The van der Waals surface area contributed by atoms with Crippen LogP contribution in [0.25, 0.3) is 11.0 Å². The fraction of sp³-hybridized carbons (Fsp3) is 0.355. The van der Waals surface area contributed by atoms with Crippen LogP contribution in [0, 0.1) is 0 Å². The van der Waals surface area contributed by atoms with Crippen molar-refractivity contribution in [3.8, 4) is 5.75 Å². The van der Waals surface area contributed by atoms with Gasteiger partial charge < -0.3 is 19.1 Å². The summed E-state index contributed by atoms with van der Waals surface area (Å²) in [6, 6.07) is 11.3. The molecule has 1 atom stereocenters. The Bertz CT molecular complexity index is 1690. The Balaban J connectivity index is 1.24. The molecule has 3 aromatic carbocycles. The van der Waals surface area contributed by atoms with E-state index in [1.54, 1.807) is 12.1 Å². The number of carbonyl (C=O) groups is 1. The molecule has 0 aliphatic carbocycles. The summed E-state index contributed by atoms with van der Waals surface area (Å²) >= 11 is 0. The number of fused-ring (bicyclic) bond motifs is 2. The van der Waals surface area contributed by atoms with Gasteiger partial charge in [0.05, 0.1) is 46.9 Å². The number of nitrogens with zero attached hydrogens (tertiary/aromatic N) is 3. The van der Waals surface area contributed by atoms with Gasteiger partial charge >= 0.3 is 18.3 Å². The van der Waals surface area contributed by atoms with Gasteiger partial charge in [-0.1, -0.05) is 12.1 Å². The molecular formula is C31H27F6N3O4. The number of imidazole rings is 1. The summed E-state index contributed by atoms with van der Waals surface area (Å²) in [5.74, 6) is -0.760. The average molecular weight is 620 g/mol. The molecule has 44 heavy (non-hydrogen) atoms. The van der Waals surface area contributed by atoms with Crippen molar-refractivity contribution in [3.05, 3.63) is 93.8 Å². The van der Waals surface area contributed by atoms with Crippen molar-refractivity contribution in [2.45, 2.75) is 57.5 Å². The van der Waals surface area contributed by atoms with Gasteiger partial charge in [0.1, 0.15) is 18.2 Å². The van der Waals surface area contributed by atoms with E-state index in [1.165, 1.54) is 24.3 Å². The van der Waals surface area contributed by atoms with Crippen LogP contribution in [-0.4, -0.2) is 44.8 Å². The minimum atomic E-state index is -4.69. The largest absolute Gasteiger partial charge is 0.488 e. The predicted molar refractivity (Wildman–Crippen MR) is 146 cm³/mol. The molecule has 0 radical (unpaired) electrons. The smallest absolute Gasteiger partial charge is 0.419 e. The van der Waals surface area contributed by atoms with Crippen LogP contribution in [0.5, 0.6) is 5.75 Å². The molecule has 232 valence electrons. The topological polar surface area (TPSA) is 76.8 Å². The zero-order valence-electron chi connectivity index (χ0n) is 23.2. The Labute approximate surface area is 247 Å². The van der Waals surface area contributed by atoms with E-state index in [0.717, 1.165) is 24.6 Å².